The fourth-order valence-electron chi connectivity index (χ4n) is 5.17. The SMILES string of the molecule is Cc1ccc(-c2cc(N3CC(O)CC3CO)ncc2N(C)C(=O)C(C)(C)c2cc(C(F)(F)F)cc(C(F)(F)F)c2)cc1F. The van der Waals surface area contributed by atoms with Gasteiger partial charge in [-0.15, -0.1) is 0 Å². The van der Waals surface area contributed by atoms with Crippen LogP contribution in [0.2, 0.25) is 0 Å². The lowest BCUT2D eigenvalue weighted by molar-refractivity contribution is -0.143. The smallest absolute Gasteiger partial charge is 0.394 e. The number of amides is 1. The van der Waals surface area contributed by atoms with Crippen molar-refractivity contribution in [3.05, 3.63) is 76.7 Å². The van der Waals surface area contributed by atoms with E-state index in [0.29, 0.717) is 29.1 Å². The number of nitrogens with zero attached hydrogens (tertiary/aromatic N) is 3. The van der Waals surface area contributed by atoms with Crippen LogP contribution in [0.1, 0.15) is 42.5 Å². The minimum atomic E-state index is -5.10. The van der Waals surface area contributed by atoms with Crippen LogP contribution < -0.4 is 9.80 Å². The van der Waals surface area contributed by atoms with Crippen molar-refractivity contribution >= 4 is 17.4 Å². The highest BCUT2D eigenvalue weighted by atomic mass is 19.4. The normalized spacial score (nSPS) is 17.8. The molecule has 0 spiro atoms. The van der Waals surface area contributed by atoms with Crippen molar-refractivity contribution in [2.45, 2.75) is 57.1 Å². The van der Waals surface area contributed by atoms with Gasteiger partial charge < -0.3 is 20.0 Å². The second-order valence-corrected chi connectivity index (χ2v) is 11.2. The molecule has 2 unspecified atom stereocenters. The summed E-state index contributed by atoms with van der Waals surface area (Å²) in [7, 11) is 1.29. The maximum absolute atomic E-state index is 14.6. The van der Waals surface area contributed by atoms with Gasteiger partial charge >= 0.3 is 12.4 Å². The summed E-state index contributed by atoms with van der Waals surface area (Å²) < 4.78 is 96.0. The summed E-state index contributed by atoms with van der Waals surface area (Å²) in [6, 6.07) is 6.44. The molecule has 2 N–H and O–H groups in total. The number of hydrogen-bond acceptors (Lipinski definition) is 5. The molecule has 2 aromatic carbocycles. The van der Waals surface area contributed by atoms with Gasteiger partial charge in [-0.2, -0.15) is 26.3 Å². The number of aromatic nitrogens is 1. The van der Waals surface area contributed by atoms with Gasteiger partial charge in [-0.1, -0.05) is 12.1 Å². The molecule has 43 heavy (non-hydrogen) atoms. The van der Waals surface area contributed by atoms with E-state index in [0.717, 1.165) is 4.90 Å². The summed E-state index contributed by atoms with van der Waals surface area (Å²) in [4.78, 5) is 21.0. The molecule has 1 amide bonds. The number of β-amino-alcohol motifs (C(OH)–C–C–N with tert-alkyl or cyclic N) is 1. The molecule has 232 valence electrons. The quantitative estimate of drug-likeness (QED) is 0.329. The Labute approximate surface area is 243 Å². The zero-order valence-electron chi connectivity index (χ0n) is 23.7. The molecule has 6 nitrogen and oxygen atoms in total. The van der Waals surface area contributed by atoms with E-state index in [9.17, 15) is 45.7 Å². The number of carbonyl (C=O) groups is 1. The number of halogens is 7. The van der Waals surface area contributed by atoms with Crippen LogP contribution >= 0.6 is 0 Å². The van der Waals surface area contributed by atoms with Gasteiger partial charge in [-0.05, 0) is 74.2 Å². The summed E-state index contributed by atoms with van der Waals surface area (Å²) in [6.45, 7) is 3.85. The predicted octanol–water partition coefficient (Wildman–Crippen LogP) is 6.11. The van der Waals surface area contributed by atoms with Gasteiger partial charge in [0.05, 0.1) is 47.2 Å². The molecule has 2 heterocycles. The zero-order chi connectivity index (χ0) is 32.1. The number of aryl methyl sites for hydroxylation is 1. The molecule has 4 rings (SSSR count). The largest absolute Gasteiger partial charge is 0.416 e. The average Bonchev–Trinajstić information content (AvgIpc) is 3.32. The molecular formula is C30H30F7N3O3. The molecule has 1 saturated heterocycles. The number of carbonyl (C=O) groups excluding carboxylic acids is 1. The molecule has 2 atom stereocenters. The number of benzene rings is 2. The van der Waals surface area contributed by atoms with Crippen molar-refractivity contribution in [2.75, 3.05) is 30.0 Å². The van der Waals surface area contributed by atoms with E-state index in [1.54, 1.807) is 17.9 Å². The second kappa shape index (κ2) is 11.4. The van der Waals surface area contributed by atoms with Crippen molar-refractivity contribution in [3.8, 4) is 11.1 Å². The minimum absolute atomic E-state index is 0.00457. The number of likely N-dealkylation sites (N-methyl/N-ethyl adjacent to an activating group) is 1. The maximum Gasteiger partial charge on any atom is 0.416 e. The van der Waals surface area contributed by atoms with Crippen LogP contribution in [0.15, 0.2) is 48.7 Å². The number of pyridine rings is 1. The Morgan fingerprint density at radius 2 is 1.58 bits per heavy atom. The molecule has 1 aliphatic rings. The van der Waals surface area contributed by atoms with Gasteiger partial charge in [0.15, 0.2) is 0 Å². The average molecular weight is 614 g/mol. The highest BCUT2D eigenvalue weighted by molar-refractivity contribution is 6.03. The van der Waals surface area contributed by atoms with Crippen molar-refractivity contribution < 1.29 is 45.7 Å². The Morgan fingerprint density at radius 3 is 2.12 bits per heavy atom. The molecule has 0 saturated carbocycles. The summed E-state index contributed by atoms with van der Waals surface area (Å²) >= 11 is 0. The third-order valence-electron chi connectivity index (χ3n) is 7.76. The summed E-state index contributed by atoms with van der Waals surface area (Å²) in [5.41, 5.74) is -4.43. The molecule has 0 bridgehead atoms. The first-order chi connectivity index (χ1) is 19.8. The third-order valence-corrected chi connectivity index (χ3v) is 7.76. The van der Waals surface area contributed by atoms with E-state index in [1.165, 1.54) is 45.3 Å². The fraction of sp³-hybridized carbons (Fsp3) is 0.400. The van der Waals surface area contributed by atoms with Crippen molar-refractivity contribution in [1.82, 2.24) is 4.98 Å². The van der Waals surface area contributed by atoms with E-state index < -0.39 is 58.3 Å². The highest BCUT2D eigenvalue weighted by Gasteiger charge is 2.41. The van der Waals surface area contributed by atoms with Crippen LogP contribution in [-0.4, -0.2) is 53.4 Å². The van der Waals surface area contributed by atoms with E-state index in [1.807, 2.05) is 0 Å². The Bertz CT molecular complexity index is 1490. The van der Waals surface area contributed by atoms with Gasteiger partial charge in [-0.25, -0.2) is 9.37 Å². The van der Waals surface area contributed by atoms with E-state index in [2.05, 4.69) is 4.98 Å². The van der Waals surface area contributed by atoms with Gasteiger partial charge in [-0.3, -0.25) is 4.79 Å². The molecule has 3 aromatic rings. The molecule has 1 fully saturated rings. The summed E-state index contributed by atoms with van der Waals surface area (Å²) in [5, 5.41) is 19.9. The summed E-state index contributed by atoms with van der Waals surface area (Å²) in [6.07, 6.45) is -9.38. The number of alkyl halides is 6. The van der Waals surface area contributed by atoms with E-state index in [4.69, 9.17) is 0 Å². The number of rotatable bonds is 6. The standard InChI is InChI=1S/C30H30F7N3O3/c1-16-5-6-17(7-24(16)31)23-12-26(40-14-22(42)11-21(40)15-41)38-13-25(23)39(4)27(43)28(2,3)18-8-19(29(32,33)34)10-20(9-18)30(35,36)37/h5-10,12-13,21-22,41-42H,11,14-15H2,1-4H3. The second-order valence-electron chi connectivity index (χ2n) is 11.2. The lowest BCUT2D eigenvalue weighted by atomic mass is 9.81. The first-order valence-electron chi connectivity index (χ1n) is 13.2. The first-order valence-corrected chi connectivity index (χ1v) is 13.2. The number of anilines is 2. The van der Waals surface area contributed by atoms with Crippen LogP contribution in [-0.2, 0) is 22.6 Å². The number of aliphatic hydroxyl groups excluding tert-OH is 2. The van der Waals surface area contributed by atoms with Gasteiger partial charge in [0.25, 0.3) is 0 Å². The Hall–Kier alpha value is -3.71. The third kappa shape index (κ3) is 6.47. The fourth-order valence-corrected chi connectivity index (χ4v) is 5.17. The monoisotopic (exact) mass is 613 g/mol. The van der Waals surface area contributed by atoms with Crippen LogP contribution in [0, 0.1) is 12.7 Å². The zero-order valence-corrected chi connectivity index (χ0v) is 23.7. The van der Waals surface area contributed by atoms with Crippen LogP contribution in [0.4, 0.5) is 42.2 Å². The Balaban J connectivity index is 1.83. The van der Waals surface area contributed by atoms with Crippen molar-refractivity contribution in [2.24, 2.45) is 0 Å². The van der Waals surface area contributed by atoms with E-state index in [-0.39, 0.29) is 36.9 Å². The molecule has 1 aromatic heterocycles. The van der Waals surface area contributed by atoms with Crippen molar-refractivity contribution in [1.29, 1.82) is 0 Å². The first kappa shape index (κ1) is 32.2. The molecular weight excluding hydrogens is 583 g/mol. The molecule has 0 aliphatic carbocycles. The van der Waals surface area contributed by atoms with Gasteiger partial charge in [0.1, 0.15) is 11.6 Å². The molecule has 1 aliphatic heterocycles. The van der Waals surface area contributed by atoms with Crippen LogP contribution in [0.25, 0.3) is 11.1 Å². The van der Waals surface area contributed by atoms with Gasteiger partial charge in [0, 0.05) is 19.2 Å². The highest BCUT2D eigenvalue weighted by Crippen LogP contribution is 2.41. The van der Waals surface area contributed by atoms with E-state index >= 15 is 0 Å². The lowest BCUT2D eigenvalue weighted by Crippen LogP contribution is -2.42. The van der Waals surface area contributed by atoms with Crippen LogP contribution in [0.3, 0.4) is 0 Å². The lowest BCUT2D eigenvalue weighted by Gasteiger charge is -2.32. The predicted molar refractivity (Wildman–Crippen MR) is 146 cm³/mol. The number of aliphatic hydroxyl groups is 2. The molecule has 13 heteroatoms. The topological polar surface area (TPSA) is 76.9 Å². The summed E-state index contributed by atoms with van der Waals surface area (Å²) in [5.74, 6) is -1.10. The minimum Gasteiger partial charge on any atom is -0.394 e. The van der Waals surface area contributed by atoms with Crippen molar-refractivity contribution in [3.63, 3.8) is 0 Å². The Kier molecular flexibility index (Phi) is 8.55. The maximum atomic E-state index is 14.6. The molecule has 0 radical (unpaired) electrons. The van der Waals surface area contributed by atoms with Crippen LogP contribution in [0.5, 0.6) is 0 Å². The van der Waals surface area contributed by atoms with Gasteiger partial charge in [0.2, 0.25) is 5.91 Å². The number of hydrogen-bond donors (Lipinski definition) is 2. The Morgan fingerprint density at radius 1 is 1.00 bits per heavy atom.